The molecule has 0 aliphatic carbocycles. The summed E-state index contributed by atoms with van der Waals surface area (Å²) in [7, 11) is 0. The Morgan fingerprint density at radius 3 is 2.50 bits per heavy atom. The zero-order valence-electron chi connectivity index (χ0n) is 13.5. The van der Waals surface area contributed by atoms with Crippen molar-refractivity contribution in [3.05, 3.63) is 74.4 Å². The summed E-state index contributed by atoms with van der Waals surface area (Å²) in [6.07, 6.45) is 6.81. The smallest absolute Gasteiger partial charge is 0.278 e. The summed E-state index contributed by atoms with van der Waals surface area (Å²) in [5.41, 5.74) is 1.72. The van der Waals surface area contributed by atoms with Gasteiger partial charge < -0.3 is 9.80 Å². The molecule has 1 fully saturated rings. The fraction of sp³-hybridized carbons (Fsp3) is 0.188. The van der Waals surface area contributed by atoms with Gasteiger partial charge in [-0.15, -0.1) is 0 Å². The molecule has 3 rings (SSSR count). The van der Waals surface area contributed by atoms with E-state index in [1.807, 2.05) is 17.0 Å². The minimum atomic E-state index is -0.696. The molecule has 0 bridgehead atoms. The number of halogens is 2. The highest BCUT2D eigenvalue weighted by molar-refractivity contribution is 6.29. The summed E-state index contributed by atoms with van der Waals surface area (Å²) in [6, 6.07) is 7.00. The first-order valence-electron chi connectivity index (χ1n) is 7.66. The normalized spacial score (nSPS) is 16.0. The fourth-order valence-electron chi connectivity index (χ4n) is 2.48. The maximum Gasteiger partial charge on any atom is 0.278 e. The van der Waals surface area contributed by atoms with Crippen LogP contribution in [0, 0.1) is 10.1 Å². The van der Waals surface area contributed by atoms with Gasteiger partial charge in [-0.1, -0.05) is 35.3 Å². The highest BCUT2D eigenvalue weighted by atomic mass is 35.5. The Morgan fingerprint density at radius 1 is 1.15 bits per heavy atom. The molecule has 1 aliphatic rings. The molecular weight excluding hydrogens is 379 g/mol. The van der Waals surface area contributed by atoms with Crippen LogP contribution in [0.3, 0.4) is 0 Å². The largest absolute Gasteiger partial charge is 0.331 e. The van der Waals surface area contributed by atoms with E-state index in [0.29, 0.717) is 29.9 Å². The maximum atomic E-state index is 10.9. The van der Waals surface area contributed by atoms with E-state index in [9.17, 15) is 10.1 Å². The summed E-state index contributed by atoms with van der Waals surface area (Å²) in [4.78, 5) is 22.5. The van der Waals surface area contributed by atoms with E-state index in [1.165, 1.54) is 0 Å². The predicted octanol–water partition coefficient (Wildman–Crippen LogP) is 3.12. The van der Waals surface area contributed by atoms with Crippen LogP contribution in [0.1, 0.15) is 11.1 Å². The van der Waals surface area contributed by atoms with Crippen LogP contribution in [0.15, 0.2) is 48.0 Å². The standard InChI is InChI=1S/C16H14Cl2N6O2/c17-14-3-1-12(9-19-14)5-6-22-7-8-23(16(22)21-24(25)26)11-13-2-4-15(18)20-10-13/h1-6,9-10H,7-8,11H2. The quantitative estimate of drug-likeness (QED) is 0.441. The van der Waals surface area contributed by atoms with Gasteiger partial charge in [0.2, 0.25) is 0 Å². The number of hydrogen-bond donors (Lipinski definition) is 0. The lowest BCUT2D eigenvalue weighted by atomic mass is 10.3. The Hall–Kier alpha value is -2.71. The number of aromatic nitrogens is 2. The first kappa shape index (κ1) is 18.1. The molecule has 2 aromatic rings. The van der Waals surface area contributed by atoms with Gasteiger partial charge in [0, 0.05) is 38.2 Å². The number of nitro groups is 1. The van der Waals surface area contributed by atoms with E-state index in [0.717, 1.165) is 11.1 Å². The summed E-state index contributed by atoms with van der Waals surface area (Å²) < 4.78 is 0. The number of hydrazone groups is 1. The van der Waals surface area contributed by atoms with Gasteiger partial charge in [0.05, 0.1) is 0 Å². The third-order valence-electron chi connectivity index (χ3n) is 3.68. The van der Waals surface area contributed by atoms with Crippen LogP contribution < -0.4 is 0 Å². The van der Waals surface area contributed by atoms with E-state index in [-0.39, 0.29) is 5.96 Å². The summed E-state index contributed by atoms with van der Waals surface area (Å²) in [5.74, 6) is 0.267. The SMILES string of the molecule is O=[N+]([O-])N=C1N(C=Cc2ccc(Cl)nc2)CCN1Cc1ccc(Cl)nc1. The second kappa shape index (κ2) is 8.11. The van der Waals surface area contributed by atoms with Crippen molar-refractivity contribution < 1.29 is 5.03 Å². The summed E-state index contributed by atoms with van der Waals surface area (Å²) >= 11 is 11.6. The number of nitrogens with zero attached hydrogens (tertiary/aromatic N) is 6. The number of hydrogen-bond acceptors (Lipinski definition) is 4. The van der Waals surface area contributed by atoms with Crippen molar-refractivity contribution in [2.24, 2.45) is 5.10 Å². The molecule has 0 amide bonds. The number of rotatable bonds is 5. The molecule has 0 radical (unpaired) electrons. The molecule has 8 nitrogen and oxygen atoms in total. The monoisotopic (exact) mass is 392 g/mol. The van der Waals surface area contributed by atoms with Crippen molar-refractivity contribution in [3.63, 3.8) is 0 Å². The Balaban J connectivity index is 1.77. The molecular formula is C16H14Cl2N6O2. The average molecular weight is 393 g/mol. The fourth-order valence-corrected chi connectivity index (χ4v) is 2.70. The molecule has 26 heavy (non-hydrogen) atoms. The highest BCUT2D eigenvalue weighted by Crippen LogP contribution is 2.16. The lowest BCUT2D eigenvalue weighted by Gasteiger charge is -2.18. The highest BCUT2D eigenvalue weighted by Gasteiger charge is 2.28. The van der Waals surface area contributed by atoms with E-state index < -0.39 is 5.03 Å². The Labute approximate surface area is 159 Å². The van der Waals surface area contributed by atoms with E-state index in [4.69, 9.17) is 23.2 Å². The van der Waals surface area contributed by atoms with Crippen molar-refractivity contribution in [2.75, 3.05) is 13.1 Å². The minimum absolute atomic E-state index is 0.267. The van der Waals surface area contributed by atoms with Gasteiger partial charge in [-0.3, -0.25) is 0 Å². The third-order valence-corrected chi connectivity index (χ3v) is 4.13. The molecule has 10 heteroatoms. The van der Waals surface area contributed by atoms with Crippen molar-refractivity contribution in [3.8, 4) is 0 Å². The first-order chi connectivity index (χ1) is 12.5. The van der Waals surface area contributed by atoms with Crippen molar-refractivity contribution in [1.29, 1.82) is 0 Å². The van der Waals surface area contributed by atoms with Gasteiger partial charge in [0.25, 0.3) is 5.96 Å². The molecule has 1 aliphatic heterocycles. The van der Waals surface area contributed by atoms with Crippen molar-refractivity contribution in [2.45, 2.75) is 6.54 Å². The Morgan fingerprint density at radius 2 is 1.88 bits per heavy atom. The van der Waals surface area contributed by atoms with Crippen LogP contribution in [0.5, 0.6) is 0 Å². The predicted molar refractivity (Wildman–Crippen MR) is 99.1 cm³/mol. The molecule has 0 atom stereocenters. The van der Waals surface area contributed by atoms with Gasteiger partial charge in [-0.05, 0) is 29.3 Å². The molecule has 0 aromatic carbocycles. The van der Waals surface area contributed by atoms with Gasteiger partial charge in [0.1, 0.15) is 15.4 Å². The Bertz CT molecular complexity index is 839. The molecule has 1 saturated heterocycles. The average Bonchev–Trinajstić information content (AvgIpc) is 2.97. The van der Waals surface area contributed by atoms with Gasteiger partial charge >= 0.3 is 0 Å². The summed E-state index contributed by atoms with van der Waals surface area (Å²) in [5, 5.41) is 14.6. The molecule has 2 aromatic heterocycles. The van der Waals surface area contributed by atoms with Gasteiger partial charge in [-0.2, -0.15) is 0 Å². The molecule has 0 saturated carbocycles. The van der Waals surface area contributed by atoms with Crippen LogP contribution in [0.25, 0.3) is 6.08 Å². The topological polar surface area (TPSA) is 87.8 Å². The van der Waals surface area contributed by atoms with E-state index in [1.54, 1.807) is 41.7 Å². The van der Waals surface area contributed by atoms with Crippen LogP contribution in [0.4, 0.5) is 0 Å². The lowest BCUT2D eigenvalue weighted by Crippen LogP contribution is -2.31. The molecule has 3 heterocycles. The Kier molecular flexibility index (Phi) is 5.65. The van der Waals surface area contributed by atoms with Crippen molar-refractivity contribution in [1.82, 2.24) is 19.8 Å². The molecule has 0 unspecified atom stereocenters. The second-order valence-electron chi connectivity index (χ2n) is 5.47. The van der Waals surface area contributed by atoms with E-state index in [2.05, 4.69) is 15.1 Å². The van der Waals surface area contributed by atoms with Crippen LogP contribution in [-0.2, 0) is 6.54 Å². The van der Waals surface area contributed by atoms with Crippen molar-refractivity contribution >= 4 is 35.2 Å². The lowest BCUT2D eigenvalue weighted by molar-refractivity contribution is -0.486. The minimum Gasteiger partial charge on any atom is -0.331 e. The first-order valence-corrected chi connectivity index (χ1v) is 8.41. The van der Waals surface area contributed by atoms with Crippen LogP contribution >= 0.6 is 23.2 Å². The molecule has 134 valence electrons. The maximum absolute atomic E-state index is 10.9. The van der Waals surface area contributed by atoms with Crippen LogP contribution in [0.2, 0.25) is 10.3 Å². The van der Waals surface area contributed by atoms with Crippen LogP contribution in [-0.4, -0.2) is 43.8 Å². The van der Waals surface area contributed by atoms with E-state index >= 15 is 0 Å². The zero-order valence-corrected chi connectivity index (χ0v) is 15.0. The van der Waals surface area contributed by atoms with Gasteiger partial charge in [0.15, 0.2) is 5.03 Å². The number of pyridine rings is 2. The second-order valence-corrected chi connectivity index (χ2v) is 6.25. The zero-order chi connectivity index (χ0) is 18.5. The summed E-state index contributed by atoms with van der Waals surface area (Å²) in [6.45, 7) is 1.62. The third kappa shape index (κ3) is 4.68. The van der Waals surface area contributed by atoms with Gasteiger partial charge in [-0.25, -0.2) is 20.1 Å². The number of guanidine groups is 1. The molecule has 0 N–H and O–H groups in total. The molecule has 0 spiro atoms.